The number of hydrogen-bond acceptors (Lipinski definition) is 6. The van der Waals surface area contributed by atoms with Crippen LogP contribution in [0.2, 0.25) is 0 Å². The van der Waals surface area contributed by atoms with Crippen molar-refractivity contribution in [3.8, 4) is 0 Å². The average Bonchev–Trinajstić information content (AvgIpc) is 2.12. The summed E-state index contributed by atoms with van der Waals surface area (Å²) in [5, 5.41) is 46.8. The second kappa shape index (κ2) is 3.65. The quantitative estimate of drug-likeness (QED) is 0.295. The predicted octanol–water partition coefficient (Wildman–Crippen LogP) is -3.22. The monoisotopic (exact) mass is 187 g/mol. The number of ether oxygens (including phenoxy) is 1. The largest absolute Gasteiger partial charge is 0.394 e. The van der Waals surface area contributed by atoms with Gasteiger partial charge in [0.05, 0.1) is 16.2 Å². The average molecular weight is 187 g/mol. The number of rotatable bonds is 1. The molecule has 5 atom stereocenters. The highest BCUT2D eigenvalue weighted by atomic mass is 16.6. The third-order valence-corrected chi connectivity index (χ3v) is 1.17. The zero-order chi connectivity index (χ0) is 15.7. The Kier molecular flexibility index (Phi) is 1.18. The smallest absolute Gasteiger partial charge is 0.184 e. The first-order valence-electron chi connectivity index (χ1n) is 6.28. The lowest BCUT2D eigenvalue weighted by atomic mass is 10.00. The third-order valence-electron chi connectivity index (χ3n) is 1.17. The molecule has 5 N–H and O–H groups in total. The topological polar surface area (TPSA) is 110 Å². The molecule has 0 bridgehead atoms. The molecule has 6 heteroatoms. The SMILES string of the molecule is [2H]C1(O)O[C@]([2H])(C([2H])([2H])O)[C@@]([2H])(O)[C@]([2H])(O)[C@@]1([2H])O. The van der Waals surface area contributed by atoms with Crippen LogP contribution >= 0.6 is 0 Å². The molecular formula is C6H12O6. The van der Waals surface area contributed by atoms with E-state index in [0.717, 1.165) is 0 Å². The standard InChI is InChI=1S/C6H12O6/c7-1-2-3(8)4(9)5(10)6(11)12-2/h2-11H,1H2/t2-,3-,4+,5-,6?/m1/s1/i1D2,2D,3D,4D,5D,6D. The van der Waals surface area contributed by atoms with Gasteiger partial charge in [-0.05, 0) is 0 Å². The van der Waals surface area contributed by atoms with E-state index >= 15 is 0 Å². The van der Waals surface area contributed by atoms with Crippen LogP contribution in [0.15, 0.2) is 0 Å². The normalized spacial score (nSPS) is 89.6. The van der Waals surface area contributed by atoms with Crippen LogP contribution < -0.4 is 0 Å². The summed E-state index contributed by atoms with van der Waals surface area (Å²) in [4.78, 5) is 0. The van der Waals surface area contributed by atoms with Crippen LogP contribution in [0.25, 0.3) is 0 Å². The van der Waals surface area contributed by atoms with Crippen molar-refractivity contribution in [2.24, 2.45) is 0 Å². The molecule has 72 valence electrons. The summed E-state index contributed by atoms with van der Waals surface area (Å²) in [7, 11) is 0. The molecule has 0 radical (unpaired) electrons. The van der Waals surface area contributed by atoms with Crippen molar-refractivity contribution in [2.45, 2.75) is 30.6 Å². The molecule has 6 nitrogen and oxygen atoms in total. The van der Waals surface area contributed by atoms with Gasteiger partial charge in [-0.2, -0.15) is 0 Å². The van der Waals surface area contributed by atoms with E-state index in [9.17, 15) is 20.4 Å². The molecule has 1 unspecified atom stereocenters. The minimum Gasteiger partial charge on any atom is -0.394 e. The third kappa shape index (κ3) is 1.58. The van der Waals surface area contributed by atoms with Gasteiger partial charge in [0.25, 0.3) is 0 Å². The summed E-state index contributed by atoms with van der Waals surface area (Å²) < 4.78 is 53.4. The fraction of sp³-hybridized carbons (Fsp3) is 1.00. The lowest BCUT2D eigenvalue weighted by molar-refractivity contribution is -0.286. The second-order valence-electron chi connectivity index (χ2n) is 1.89. The zero-order valence-electron chi connectivity index (χ0n) is 12.6. The molecule has 1 saturated heterocycles. The summed E-state index contributed by atoms with van der Waals surface area (Å²) in [6, 6.07) is 0. The van der Waals surface area contributed by atoms with Crippen LogP contribution in [-0.2, 0) is 4.74 Å². The fourth-order valence-corrected chi connectivity index (χ4v) is 0.590. The Balaban J connectivity index is 3.60. The van der Waals surface area contributed by atoms with E-state index in [4.69, 9.17) is 14.7 Å². The maximum atomic E-state index is 9.57. The molecule has 0 spiro atoms. The summed E-state index contributed by atoms with van der Waals surface area (Å²) >= 11 is 0. The van der Waals surface area contributed by atoms with Gasteiger partial charge in [-0.15, -0.1) is 0 Å². The van der Waals surface area contributed by atoms with Crippen LogP contribution in [0.3, 0.4) is 0 Å². The van der Waals surface area contributed by atoms with E-state index in [-0.39, 0.29) is 0 Å². The Morgan fingerprint density at radius 1 is 1.17 bits per heavy atom. The van der Waals surface area contributed by atoms with Crippen molar-refractivity contribution in [3.05, 3.63) is 0 Å². The maximum absolute atomic E-state index is 9.57. The fourth-order valence-electron chi connectivity index (χ4n) is 0.590. The number of hydrogen-bond donors (Lipinski definition) is 5. The van der Waals surface area contributed by atoms with Crippen LogP contribution in [-0.4, -0.2) is 62.7 Å². The highest BCUT2D eigenvalue weighted by molar-refractivity contribution is 4.87. The molecule has 0 aliphatic carbocycles. The maximum Gasteiger partial charge on any atom is 0.184 e. The number of aliphatic hydroxyl groups is 5. The van der Waals surface area contributed by atoms with Gasteiger partial charge < -0.3 is 30.3 Å². The van der Waals surface area contributed by atoms with Gasteiger partial charge >= 0.3 is 0 Å². The summed E-state index contributed by atoms with van der Waals surface area (Å²) in [6.07, 6.45) is -20.3. The summed E-state index contributed by atoms with van der Waals surface area (Å²) in [5.41, 5.74) is 0. The van der Waals surface area contributed by atoms with Gasteiger partial charge in [-0.25, -0.2) is 0 Å². The lowest BCUT2D eigenvalue weighted by Gasteiger charge is -2.37. The molecule has 0 amide bonds. The van der Waals surface area contributed by atoms with E-state index < -0.39 is 37.1 Å². The van der Waals surface area contributed by atoms with E-state index in [1.54, 1.807) is 0 Å². The van der Waals surface area contributed by atoms with Crippen LogP contribution in [0.1, 0.15) is 9.60 Å². The van der Waals surface area contributed by atoms with Crippen molar-refractivity contribution >= 4 is 0 Å². The molecule has 0 aromatic carbocycles. The highest BCUT2D eigenvalue weighted by Gasteiger charge is 2.42. The second-order valence-corrected chi connectivity index (χ2v) is 1.89. The van der Waals surface area contributed by atoms with Gasteiger partial charge in [0.1, 0.15) is 24.3 Å². The first-order chi connectivity index (χ1) is 7.96. The molecule has 1 aliphatic heterocycles. The van der Waals surface area contributed by atoms with E-state index in [1.165, 1.54) is 0 Å². The van der Waals surface area contributed by atoms with Crippen molar-refractivity contribution < 1.29 is 39.9 Å². The Hall–Kier alpha value is -0.240. The van der Waals surface area contributed by atoms with E-state index in [0.29, 0.717) is 0 Å². The van der Waals surface area contributed by atoms with Crippen LogP contribution in [0, 0.1) is 0 Å². The van der Waals surface area contributed by atoms with Gasteiger partial charge in [-0.3, -0.25) is 0 Å². The molecule has 1 aliphatic rings. The van der Waals surface area contributed by atoms with Crippen molar-refractivity contribution in [2.75, 3.05) is 6.56 Å². The summed E-state index contributed by atoms with van der Waals surface area (Å²) in [5.74, 6) is 0. The Bertz CT molecular complexity index is 390. The lowest BCUT2D eigenvalue weighted by Crippen LogP contribution is -2.58. The van der Waals surface area contributed by atoms with Crippen molar-refractivity contribution in [1.82, 2.24) is 0 Å². The molecule has 0 aromatic rings. The first kappa shape index (κ1) is 3.87. The Morgan fingerprint density at radius 3 is 2.25 bits per heavy atom. The first-order valence-corrected chi connectivity index (χ1v) is 2.78. The van der Waals surface area contributed by atoms with Crippen LogP contribution in [0.4, 0.5) is 0 Å². The minimum absolute atomic E-state index is 3.90. The Labute approximate surface area is 78.5 Å². The van der Waals surface area contributed by atoms with Gasteiger partial charge in [0, 0.05) is 0 Å². The van der Waals surface area contributed by atoms with Crippen LogP contribution in [0.5, 0.6) is 0 Å². The highest BCUT2D eigenvalue weighted by Crippen LogP contribution is 2.18. The molecule has 1 rings (SSSR count). The molecule has 1 fully saturated rings. The molecule has 12 heavy (non-hydrogen) atoms. The van der Waals surface area contributed by atoms with Crippen molar-refractivity contribution in [3.63, 3.8) is 0 Å². The Morgan fingerprint density at radius 2 is 1.75 bits per heavy atom. The molecular weight excluding hydrogens is 168 g/mol. The zero-order valence-corrected chi connectivity index (χ0v) is 5.64. The van der Waals surface area contributed by atoms with Crippen molar-refractivity contribution in [1.29, 1.82) is 0 Å². The molecule has 0 saturated carbocycles. The van der Waals surface area contributed by atoms with E-state index in [1.807, 2.05) is 0 Å². The molecule has 1 heterocycles. The van der Waals surface area contributed by atoms with Gasteiger partial charge in [0.15, 0.2) is 6.27 Å². The van der Waals surface area contributed by atoms with Gasteiger partial charge in [-0.1, -0.05) is 0 Å². The van der Waals surface area contributed by atoms with E-state index in [2.05, 4.69) is 4.74 Å². The van der Waals surface area contributed by atoms with Gasteiger partial charge in [0.2, 0.25) is 0 Å². The molecule has 0 aromatic heterocycles. The predicted molar refractivity (Wildman–Crippen MR) is 36.0 cm³/mol. The summed E-state index contributed by atoms with van der Waals surface area (Å²) in [6.45, 7) is -3.93. The minimum atomic E-state index is -4.16.